The number of aryl methyl sites for hydroxylation is 1. The van der Waals surface area contributed by atoms with Crippen molar-refractivity contribution in [1.82, 2.24) is 15.1 Å². The molecule has 1 fully saturated rings. The molecular weight excluding hydrogens is 342 g/mol. The van der Waals surface area contributed by atoms with Gasteiger partial charge in [-0.3, -0.25) is 14.5 Å². The summed E-state index contributed by atoms with van der Waals surface area (Å²) in [5.41, 5.74) is 0. The Balaban J connectivity index is 1.41. The molecule has 1 aliphatic heterocycles. The van der Waals surface area contributed by atoms with E-state index in [-0.39, 0.29) is 11.8 Å². The average molecular weight is 364 g/mol. The predicted octanol–water partition coefficient (Wildman–Crippen LogP) is 2.19. The van der Waals surface area contributed by atoms with E-state index in [2.05, 4.69) is 10.2 Å². The summed E-state index contributed by atoms with van der Waals surface area (Å²) in [6, 6.07) is 7.87. The first kappa shape index (κ1) is 17.1. The molecule has 1 N–H and O–H groups in total. The van der Waals surface area contributed by atoms with Crippen LogP contribution in [0.1, 0.15) is 19.4 Å². The summed E-state index contributed by atoms with van der Waals surface area (Å²) in [7, 11) is 0. The Bertz CT molecular complexity index is 689. The first-order chi connectivity index (χ1) is 11.6. The number of piperazine rings is 1. The zero-order valence-corrected chi connectivity index (χ0v) is 15.3. The van der Waals surface area contributed by atoms with Gasteiger partial charge in [-0.05, 0) is 30.5 Å². The van der Waals surface area contributed by atoms with E-state index in [1.807, 2.05) is 41.5 Å². The van der Waals surface area contributed by atoms with Crippen LogP contribution in [-0.2, 0) is 11.3 Å². The molecule has 2 aromatic rings. The lowest BCUT2D eigenvalue weighted by atomic mass is 10.3. The molecule has 2 amide bonds. The Labute approximate surface area is 149 Å². The molecule has 3 rings (SSSR count). The van der Waals surface area contributed by atoms with Gasteiger partial charge in [0, 0.05) is 35.9 Å². The molecule has 1 saturated heterocycles. The third-order valence-electron chi connectivity index (χ3n) is 4.02. The van der Waals surface area contributed by atoms with Crippen molar-refractivity contribution < 1.29 is 9.59 Å². The van der Waals surface area contributed by atoms with Gasteiger partial charge in [-0.2, -0.15) is 0 Å². The number of carbonyl (C=O) groups excluding carboxylic acids is 2. The number of hydrogen-bond donors (Lipinski definition) is 1. The highest BCUT2D eigenvalue weighted by molar-refractivity contribution is 7.13. The quantitative estimate of drug-likeness (QED) is 0.886. The Morgan fingerprint density at radius 3 is 2.58 bits per heavy atom. The van der Waals surface area contributed by atoms with Crippen molar-refractivity contribution in [1.29, 1.82) is 0 Å². The molecule has 0 aliphatic carbocycles. The van der Waals surface area contributed by atoms with E-state index in [1.165, 1.54) is 11.3 Å². The average Bonchev–Trinajstić information content (AvgIpc) is 3.24. The van der Waals surface area contributed by atoms with Gasteiger partial charge in [-0.15, -0.1) is 22.7 Å². The van der Waals surface area contributed by atoms with Crippen molar-refractivity contribution in [2.24, 2.45) is 0 Å². The van der Waals surface area contributed by atoms with E-state index in [4.69, 9.17) is 0 Å². The molecule has 3 heterocycles. The van der Waals surface area contributed by atoms with Gasteiger partial charge < -0.3 is 10.2 Å². The minimum Gasteiger partial charge on any atom is -0.350 e. The normalized spacial score (nSPS) is 15.5. The van der Waals surface area contributed by atoms with Gasteiger partial charge >= 0.3 is 0 Å². The van der Waals surface area contributed by atoms with Gasteiger partial charge in [0.25, 0.3) is 5.91 Å². The molecule has 0 aromatic carbocycles. The molecule has 5 nitrogen and oxygen atoms in total. The van der Waals surface area contributed by atoms with Crippen LogP contribution in [0.5, 0.6) is 0 Å². The fourth-order valence-corrected chi connectivity index (χ4v) is 4.15. The fourth-order valence-electron chi connectivity index (χ4n) is 2.67. The molecule has 0 bridgehead atoms. The molecule has 2 aromatic heterocycles. The Hall–Kier alpha value is -1.70. The standard InChI is InChI=1S/C17H21N3O2S2/c1-13-4-5-15(24-13)17(22)20-8-6-19(7-9-20)12-16(21)18-11-14-3-2-10-23-14/h2-5,10H,6-9,11-12H2,1H3,(H,18,21). The summed E-state index contributed by atoms with van der Waals surface area (Å²) in [6.07, 6.45) is 0. The van der Waals surface area contributed by atoms with Gasteiger partial charge in [0.05, 0.1) is 18.0 Å². The third-order valence-corrected chi connectivity index (χ3v) is 5.88. The molecule has 24 heavy (non-hydrogen) atoms. The fraction of sp³-hybridized carbons (Fsp3) is 0.412. The van der Waals surface area contributed by atoms with Crippen molar-refractivity contribution in [3.8, 4) is 0 Å². The SMILES string of the molecule is Cc1ccc(C(=O)N2CCN(CC(=O)NCc3cccs3)CC2)s1. The smallest absolute Gasteiger partial charge is 0.264 e. The predicted molar refractivity (Wildman–Crippen MR) is 97.6 cm³/mol. The number of carbonyl (C=O) groups is 2. The van der Waals surface area contributed by atoms with Crippen LogP contribution < -0.4 is 5.32 Å². The second kappa shape index (κ2) is 7.92. The molecule has 0 atom stereocenters. The van der Waals surface area contributed by atoms with E-state index in [9.17, 15) is 9.59 Å². The molecule has 0 spiro atoms. The van der Waals surface area contributed by atoms with E-state index < -0.39 is 0 Å². The second-order valence-electron chi connectivity index (χ2n) is 5.83. The lowest BCUT2D eigenvalue weighted by Crippen LogP contribution is -2.50. The maximum atomic E-state index is 12.4. The molecule has 128 valence electrons. The summed E-state index contributed by atoms with van der Waals surface area (Å²) in [4.78, 5) is 31.5. The maximum Gasteiger partial charge on any atom is 0.264 e. The van der Waals surface area contributed by atoms with E-state index in [0.717, 1.165) is 27.7 Å². The molecule has 7 heteroatoms. The molecule has 0 unspecified atom stereocenters. The van der Waals surface area contributed by atoms with Crippen LogP contribution in [0.25, 0.3) is 0 Å². The zero-order valence-electron chi connectivity index (χ0n) is 13.7. The monoisotopic (exact) mass is 363 g/mol. The molecule has 0 saturated carbocycles. The van der Waals surface area contributed by atoms with Crippen molar-refractivity contribution in [3.63, 3.8) is 0 Å². The van der Waals surface area contributed by atoms with Crippen LogP contribution in [0, 0.1) is 6.92 Å². The topological polar surface area (TPSA) is 52.7 Å². The molecular formula is C17H21N3O2S2. The molecule has 1 aliphatic rings. The summed E-state index contributed by atoms with van der Waals surface area (Å²) in [6.45, 7) is 5.82. The maximum absolute atomic E-state index is 12.4. The van der Waals surface area contributed by atoms with E-state index >= 15 is 0 Å². The largest absolute Gasteiger partial charge is 0.350 e. The van der Waals surface area contributed by atoms with Crippen molar-refractivity contribution >= 4 is 34.5 Å². The van der Waals surface area contributed by atoms with Crippen LogP contribution in [0.4, 0.5) is 0 Å². The van der Waals surface area contributed by atoms with E-state index in [1.54, 1.807) is 11.3 Å². The third kappa shape index (κ3) is 4.43. The lowest BCUT2D eigenvalue weighted by Gasteiger charge is -2.34. The van der Waals surface area contributed by atoms with Gasteiger partial charge in [0.15, 0.2) is 0 Å². The molecule has 0 radical (unpaired) electrons. The highest BCUT2D eigenvalue weighted by Crippen LogP contribution is 2.18. The van der Waals surface area contributed by atoms with E-state index in [0.29, 0.717) is 26.2 Å². The van der Waals surface area contributed by atoms with Crippen LogP contribution in [0.3, 0.4) is 0 Å². The van der Waals surface area contributed by atoms with Gasteiger partial charge in [-0.1, -0.05) is 6.07 Å². The second-order valence-corrected chi connectivity index (χ2v) is 8.15. The first-order valence-corrected chi connectivity index (χ1v) is 9.68. The van der Waals surface area contributed by atoms with Crippen LogP contribution in [0.15, 0.2) is 29.6 Å². The van der Waals surface area contributed by atoms with Crippen molar-refractivity contribution in [2.45, 2.75) is 13.5 Å². The number of nitrogens with one attached hydrogen (secondary N) is 1. The van der Waals surface area contributed by atoms with Gasteiger partial charge in [-0.25, -0.2) is 0 Å². The minimum atomic E-state index is 0.0389. The summed E-state index contributed by atoms with van der Waals surface area (Å²) < 4.78 is 0. The zero-order chi connectivity index (χ0) is 16.9. The Morgan fingerprint density at radius 2 is 1.96 bits per heavy atom. The number of hydrogen-bond acceptors (Lipinski definition) is 5. The van der Waals surface area contributed by atoms with Crippen LogP contribution in [0.2, 0.25) is 0 Å². The number of thiophene rings is 2. The number of rotatable bonds is 5. The highest BCUT2D eigenvalue weighted by atomic mass is 32.1. The summed E-state index contributed by atoms with van der Waals surface area (Å²) in [5.74, 6) is 0.145. The Morgan fingerprint density at radius 1 is 1.17 bits per heavy atom. The van der Waals surface area contributed by atoms with Gasteiger partial charge in [0.1, 0.15) is 0 Å². The van der Waals surface area contributed by atoms with Crippen LogP contribution >= 0.6 is 22.7 Å². The summed E-state index contributed by atoms with van der Waals surface area (Å²) >= 11 is 3.18. The summed E-state index contributed by atoms with van der Waals surface area (Å²) in [5, 5.41) is 4.95. The highest BCUT2D eigenvalue weighted by Gasteiger charge is 2.23. The first-order valence-electron chi connectivity index (χ1n) is 7.99. The number of amides is 2. The minimum absolute atomic E-state index is 0.0389. The lowest BCUT2D eigenvalue weighted by molar-refractivity contribution is -0.122. The van der Waals surface area contributed by atoms with Crippen molar-refractivity contribution in [3.05, 3.63) is 44.3 Å². The van der Waals surface area contributed by atoms with Crippen LogP contribution in [-0.4, -0.2) is 54.3 Å². The number of nitrogens with zero attached hydrogens (tertiary/aromatic N) is 2. The Kier molecular flexibility index (Phi) is 5.65. The van der Waals surface area contributed by atoms with Crippen molar-refractivity contribution in [2.75, 3.05) is 32.7 Å². The van der Waals surface area contributed by atoms with Gasteiger partial charge in [0.2, 0.25) is 5.91 Å².